The first-order chi connectivity index (χ1) is 10.1. The van der Waals surface area contributed by atoms with Crippen LogP contribution in [0.5, 0.6) is 5.75 Å². The van der Waals surface area contributed by atoms with E-state index < -0.39 is 5.97 Å². The number of esters is 1. The molecule has 112 valence electrons. The van der Waals surface area contributed by atoms with Crippen molar-refractivity contribution >= 4 is 23.2 Å². The molecule has 1 atom stereocenters. The number of hydrogen-bond acceptors (Lipinski definition) is 5. The van der Waals surface area contributed by atoms with Gasteiger partial charge in [0.1, 0.15) is 22.5 Å². The molecular formula is C15H18N2O3S. The summed E-state index contributed by atoms with van der Waals surface area (Å²) in [4.78, 5) is 12.2. The van der Waals surface area contributed by atoms with E-state index in [1.165, 1.54) is 7.11 Å². The van der Waals surface area contributed by atoms with Gasteiger partial charge >= 0.3 is 5.97 Å². The molecule has 0 aliphatic carbocycles. The molecule has 6 heteroatoms. The van der Waals surface area contributed by atoms with Gasteiger partial charge < -0.3 is 20.1 Å². The lowest BCUT2D eigenvalue weighted by Gasteiger charge is -2.29. The van der Waals surface area contributed by atoms with Crippen LogP contribution in [0.3, 0.4) is 0 Å². The fourth-order valence-electron chi connectivity index (χ4n) is 2.11. The number of ether oxygens (including phenoxy) is 2. The number of hydrogen-bond donors (Lipinski definition) is 2. The Balaban J connectivity index is 2.20. The highest BCUT2D eigenvalue weighted by Gasteiger charge is 2.27. The molecule has 0 radical (unpaired) electrons. The highest BCUT2D eigenvalue weighted by molar-refractivity contribution is 7.80. The number of carbonyl (C=O) groups excluding carboxylic acids is 1. The number of rotatable bonds is 4. The first-order valence-corrected chi connectivity index (χ1v) is 7.07. The fourth-order valence-corrected chi connectivity index (χ4v) is 2.40. The zero-order chi connectivity index (χ0) is 15.4. The van der Waals surface area contributed by atoms with Crippen molar-refractivity contribution in [2.75, 3.05) is 13.7 Å². The van der Waals surface area contributed by atoms with Crippen molar-refractivity contribution in [3.05, 3.63) is 41.2 Å². The second-order valence-corrected chi connectivity index (χ2v) is 5.00. The molecule has 21 heavy (non-hydrogen) atoms. The van der Waals surface area contributed by atoms with Crippen molar-refractivity contribution in [3.63, 3.8) is 0 Å². The molecule has 0 saturated carbocycles. The Morgan fingerprint density at radius 1 is 1.33 bits per heavy atom. The number of methoxy groups -OCH3 is 1. The third kappa shape index (κ3) is 3.33. The molecule has 5 nitrogen and oxygen atoms in total. The van der Waals surface area contributed by atoms with Crippen molar-refractivity contribution in [2.24, 2.45) is 0 Å². The summed E-state index contributed by atoms with van der Waals surface area (Å²) in [5, 5.41) is 6.18. The van der Waals surface area contributed by atoms with Crippen LogP contribution in [0.25, 0.3) is 0 Å². The third-order valence-corrected chi connectivity index (χ3v) is 3.50. The number of thiocarbonyl (C=S) groups is 1. The third-order valence-electron chi connectivity index (χ3n) is 3.16. The lowest BCUT2D eigenvalue weighted by molar-refractivity contribution is -0.136. The largest absolute Gasteiger partial charge is 0.494 e. The monoisotopic (exact) mass is 306 g/mol. The van der Waals surface area contributed by atoms with Gasteiger partial charge in [0, 0.05) is 5.70 Å². The maximum Gasteiger partial charge on any atom is 0.356 e. The first-order valence-electron chi connectivity index (χ1n) is 6.66. The second-order valence-electron chi connectivity index (χ2n) is 4.56. The summed E-state index contributed by atoms with van der Waals surface area (Å²) in [6, 6.07) is 7.53. The van der Waals surface area contributed by atoms with Gasteiger partial charge in [0.15, 0.2) is 0 Å². The predicted octanol–water partition coefficient (Wildman–Crippen LogP) is 2.05. The van der Waals surface area contributed by atoms with Gasteiger partial charge in [-0.05, 0) is 31.5 Å². The van der Waals surface area contributed by atoms with Crippen LogP contribution in [0.4, 0.5) is 0 Å². The smallest absolute Gasteiger partial charge is 0.356 e. The van der Waals surface area contributed by atoms with Crippen molar-refractivity contribution < 1.29 is 14.3 Å². The molecule has 0 aromatic heterocycles. The fraction of sp³-hybridized carbons (Fsp3) is 0.333. The van der Waals surface area contributed by atoms with Crippen LogP contribution >= 0.6 is 12.2 Å². The van der Waals surface area contributed by atoms with Gasteiger partial charge in [0.2, 0.25) is 0 Å². The first kappa shape index (κ1) is 15.3. The molecule has 1 heterocycles. The summed E-state index contributed by atoms with van der Waals surface area (Å²) in [5.74, 6) is 0.381. The van der Waals surface area contributed by atoms with Crippen molar-refractivity contribution in [2.45, 2.75) is 19.9 Å². The van der Waals surface area contributed by atoms with Crippen molar-refractivity contribution in [1.29, 1.82) is 0 Å². The van der Waals surface area contributed by atoms with E-state index in [4.69, 9.17) is 21.7 Å². The van der Waals surface area contributed by atoms with E-state index in [0.29, 0.717) is 23.0 Å². The van der Waals surface area contributed by atoms with Crippen LogP contribution in [0, 0.1) is 0 Å². The molecule has 0 fully saturated rings. The molecule has 0 amide bonds. The van der Waals surface area contributed by atoms with Crippen LogP contribution in [0.2, 0.25) is 0 Å². The van der Waals surface area contributed by atoms with Gasteiger partial charge in [0.05, 0.1) is 13.7 Å². The number of allylic oxidation sites excluding steroid dienone is 1. The average Bonchev–Trinajstić information content (AvgIpc) is 2.49. The van der Waals surface area contributed by atoms with E-state index in [2.05, 4.69) is 10.6 Å². The molecule has 2 N–H and O–H groups in total. The molecule has 0 saturated heterocycles. The normalized spacial score (nSPS) is 17.9. The van der Waals surface area contributed by atoms with E-state index >= 15 is 0 Å². The minimum Gasteiger partial charge on any atom is -0.494 e. The SMILES string of the molecule is CCOc1ccc([C@H]2NC(C)=C(C(=O)OC)NC2=S)cc1. The molecule has 1 aromatic carbocycles. The zero-order valence-electron chi connectivity index (χ0n) is 12.2. The second kappa shape index (κ2) is 6.58. The summed E-state index contributed by atoms with van der Waals surface area (Å²) in [7, 11) is 1.34. The number of benzene rings is 1. The van der Waals surface area contributed by atoms with Crippen LogP contribution in [0.1, 0.15) is 25.5 Å². The van der Waals surface area contributed by atoms with Gasteiger partial charge in [-0.15, -0.1) is 0 Å². The topological polar surface area (TPSA) is 59.6 Å². The molecule has 1 aromatic rings. The number of carbonyl (C=O) groups is 1. The van der Waals surface area contributed by atoms with E-state index in [-0.39, 0.29) is 6.04 Å². The van der Waals surface area contributed by atoms with E-state index in [9.17, 15) is 4.79 Å². The van der Waals surface area contributed by atoms with Crippen LogP contribution < -0.4 is 15.4 Å². The Bertz CT molecular complexity index is 581. The minimum atomic E-state index is -0.438. The van der Waals surface area contributed by atoms with E-state index in [1.807, 2.05) is 38.1 Å². The van der Waals surface area contributed by atoms with Gasteiger partial charge in [-0.25, -0.2) is 4.79 Å². The molecule has 0 spiro atoms. The molecule has 1 aliphatic heterocycles. The lowest BCUT2D eigenvalue weighted by atomic mass is 10.0. The van der Waals surface area contributed by atoms with E-state index in [0.717, 1.165) is 11.3 Å². The lowest BCUT2D eigenvalue weighted by Crippen LogP contribution is -2.44. The Morgan fingerprint density at radius 3 is 2.57 bits per heavy atom. The average molecular weight is 306 g/mol. The molecule has 2 rings (SSSR count). The van der Waals surface area contributed by atoms with Crippen LogP contribution in [-0.4, -0.2) is 24.7 Å². The number of nitrogens with one attached hydrogen (secondary N) is 2. The summed E-state index contributed by atoms with van der Waals surface area (Å²) >= 11 is 5.34. The zero-order valence-corrected chi connectivity index (χ0v) is 13.0. The minimum absolute atomic E-state index is 0.177. The highest BCUT2D eigenvalue weighted by Crippen LogP contribution is 2.23. The van der Waals surface area contributed by atoms with Gasteiger partial charge in [0.25, 0.3) is 0 Å². The molecule has 1 aliphatic rings. The van der Waals surface area contributed by atoms with Crippen molar-refractivity contribution in [3.8, 4) is 5.75 Å². The molecule has 0 bridgehead atoms. The summed E-state index contributed by atoms with van der Waals surface area (Å²) < 4.78 is 10.1. The molecular weight excluding hydrogens is 288 g/mol. The maximum absolute atomic E-state index is 11.6. The summed E-state index contributed by atoms with van der Waals surface area (Å²) in [6.45, 7) is 4.38. The Labute approximate surface area is 129 Å². The van der Waals surface area contributed by atoms with Gasteiger partial charge in [-0.2, -0.15) is 0 Å². The van der Waals surface area contributed by atoms with Gasteiger partial charge in [-0.3, -0.25) is 0 Å². The highest BCUT2D eigenvalue weighted by atomic mass is 32.1. The Kier molecular flexibility index (Phi) is 4.80. The van der Waals surface area contributed by atoms with Crippen LogP contribution in [-0.2, 0) is 9.53 Å². The summed E-state index contributed by atoms with van der Waals surface area (Å²) in [5.41, 5.74) is 2.05. The van der Waals surface area contributed by atoms with Crippen molar-refractivity contribution in [1.82, 2.24) is 10.6 Å². The maximum atomic E-state index is 11.6. The molecule has 0 unspecified atom stereocenters. The quantitative estimate of drug-likeness (QED) is 0.656. The predicted molar refractivity (Wildman–Crippen MR) is 83.9 cm³/mol. The standard InChI is InChI=1S/C15H18N2O3S/c1-4-20-11-7-5-10(6-8-11)13-14(21)17-12(9(2)16-13)15(18)19-3/h5-8,13,16H,4H2,1-3H3,(H,17,21)/t13-/m1/s1. The summed E-state index contributed by atoms with van der Waals surface area (Å²) in [6.07, 6.45) is 0. The Hall–Kier alpha value is -2.08. The Morgan fingerprint density at radius 2 is 2.00 bits per heavy atom. The van der Waals surface area contributed by atoms with Crippen LogP contribution in [0.15, 0.2) is 35.7 Å². The van der Waals surface area contributed by atoms with E-state index in [1.54, 1.807) is 0 Å². The van der Waals surface area contributed by atoms with Gasteiger partial charge in [-0.1, -0.05) is 24.4 Å².